The molecule has 1 aliphatic carbocycles. The van der Waals surface area contributed by atoms with E-state index in [1.54, 1.807) is 6.20 Å². The molecule has 3 heterocycles. The molecule has 2 aromatic heterocycles. The van der Waals surface area contributed by atoms with Crippen LogP contribution in [0.4, 0.5) is 0 Å². The van der Waals surface area contributed by atoms with Crippen LogP contribution in [-0.4, -0.2) is 39.5 Å². The first kappa shape index (κ1) is 15.9. The van der Waals surface area contributed by atoms with Crippen LogP contribution >= 0.6 is 0 Å². The number of benzene rings is 1. The Labute approximate surface area is 154 Å². The lowest BCUT2D eigenvalue weighted by Crippen LogP contribution is -2.32. The van der Waals surface area contributed by atoms with Gasteiger partial charge in [-0.1, -0.05) is 6.07 Å². The predicted molar refractivity (Wildman–Crippen MR) is 93.0 cm³/mol. The minimum absolute atomic E-state index is 0.109. The van der Waals surface area contributed by atoms with E-state index in [2.05, 4.69) is 27.3 Å². The summed E-state index contributed by atoms with van der Waals surface area (Å²) < 4.78 is 22.0. The average molecular weight is 367 g/mol. The van der Waals surface area contributed by atoms with Crippen molar-refractivity contribution < 1.29 is 23.8 Å². The van der Waals surface area contributed by atoms with Crippen LogP contribution < -0.4 is 14.2 Å². The molecule has 0 amide bonds. The molecular weight excluding hydrogens is 350 g/mol. The number of fused-ring (bicyclic) bond motifs is 1. The Hall–Kier alpha value is -3.29. The average Bonchev–Trinajstić information content (AvgIpc) is 3.11. The minimum atomic E-state index is -0.188. The molecule has 0 atom stereocenters. The molecular formula is C19H17N3O5. The molecule has 5 rings (SSSR count). The summed E-state index contributed by atoms with van der Waals surface area (Å²) in [6, 6.07) is 7.52. The normalized spacial score (nSPS) is 20.7. The summed E-state index contributed by atoms with van der Waals surface area (Å²) in [4.78, 5) is 8.49. The smallest absolute Gasteiger partial charge is 0.252 e. The number of hydrogen-bond donors (Lipinski definition) is 1. The van der Waals surface area contributed by atoms with Gasteiger partial charge in [0, 0.05) is 0 Å². The number of rotatable bonds is 4. The third-order valence-corrected chi connectivity index (χ3v) is 4.80. The van der Waals surface area contributed by atoms with Crippen molar-refractivity contribution in [2.75, 3.05) is 13.2 Å². The number of aromatic nitrogens is 3. The molecule has 27 heavy (non-hydrogen) atoms. The quantitative estimate of drug-likeness (QED) is 0.751. The lowest BCUT2D eigenvalue weighted by molar-refractivity contribution is 0.0927. The van der Waals surface area contributed by atoms with Gasteiger partial charge in [-0.2, -0.15) is 0 Å². The zero-order valence-corrected chi connectivity index (χ0v) is 14.4. The molecule has 8 heteroatoms. The highest BCUT2D eigenvalue weighted by Crippen LogP contribution is 2.42. The van der Waals surface area contributed by atoms with Gasteiger partial charge in [0.05, 0.1) is 18.5 Å². The molecule has 0 saturated heterocycles. The van der Waals surface area contributed by atoms with E-state index in [0.717, 1.165) is 24.3 Å². The van der Waals surface area contributed by atoms with Crippen LogP contribution in [-0.2, 0) is 0 Å². The molecule has 2 aliphatic rings. The molecule has 1 aromatic carbocycles. The Balaban J connectivity index is 1.19. The first-order valence-electron chi connectivity index (χ1n) is 8.79. The Morgan fingerprint density at radius 1 is 1.00 bits per heavy atom. The number of hydrogen-bond acceptors (Lipinski definition) is 8. The molecule has 0 spiro atoms. The second kappa shape index (κ2) is 6.46. The Morgan fingerprint density at radius 2 is 1.85 bits per heavy atom. The highest BCUT2D eigenvalue weighted by Gasteiger charge is 2.33. The minimum Gasteiger partial charge on any atom is -0.491 e. The third kappa shape index (κ3) is 3.14. The SMILES string of the molecule is Oc1cc(-c2cnc(O[C@H]3C[C@@H](c4ccc5c(c4)OCCO5)C3)cn2)on1. The predicted octanol–water partition coefficient (Wildman–Crippen LogP) is 2.93. The van der Waals surface area contributed by atoms with Gasteiger partial charge in [-0.25, -0.2) is 9.97 Å². The fourth-order valence-electron chi connectivity index (χ4n) is 3.31. The zero-order valence-electron chi connectivity index (χ0n) is 14.4. The van der Waals surface area contributed by atoms with Crippen LogP contribution in [0.15, 0.2) is 41.2 Å². The standard InChI is InChI=1S/C19H17N3O5/c23-18-8-16(27-22-18)14-9-21-19(10-20-14)26-13-5-12(6-13)11-1-2-15-17(7-11)25-4-3-24-15/h1-2,7-10,12-13H,3-6H2,(H,22,23)/t12-,13+. The van der Waals surface area contributed by atoms with E-state index in [9.17, 15) is 5.11 Å². The number of ether oxygens (including phenoxy) is 3. The molecule has 1 aliphatic heterocycles. The van der Waals surface area contributed by atoms with Gasteiger partial charge in [0.2, 0.25) is 5.88 Å². The van der Waals surface area contributed by atoms with Crippen LogP contribution in [0.2, 0.25) is 0 Å². The van der Waals surface area contributed by atoms with E-state index in [-0.39, 0.29) is 12.0 Å². The Kier molecular flexibility index (Phi) is 3.81. The van der Waals surface area contributed by atoms with Crippen molar-refractivity contribution >= 4 is 0 Å². The fraction of sp³-hybridized carbons (Fsp3) is 0.316. The van der Waals surface area contributed by atoms with E-state index in [1.165, 1.54) is 17.8 Å². The molecule has 0 unspecified atom stereocenters. The molecule has 3 aromatic rings. The second-order valence-corrected chi connectivity index (χ2v) is 6.60. The van der Waals surface area contributed by atoms with E-state index in [1.807, 2.05) is 6.07 Å². The zero-order chi connectivity index (χ0) is 18.2. The van der Waals surface area contributed by atoms with Crippen LogP contribution in [0.1, 0.15) is 24.3 Å². The highest BCUT2D eigenvalue weighted by atomic mass is 16.6. The Morgan fingerprint density at radius 3 is 2.59 bits per heavy atom. The molecule has 1 N–H and O–H groups in total. The summed E-state index contributed by atoms with van der Waals surface area (Å²) in [5.41, 5.74) is 1.73. The lowest BCUT2D eigenvalue weighted by atomic mass is 9.77. The fourth-order valence-corrected chi connectivity index (χ4v) is 3.31. The van der Waals surface area contributed by atoms with Crippen LogP contribution in [0.25, 0.3) is 11.5 Å². The summed E-state index contributed by atoms with van der Waals surface area (Å²) in [6.07, 6.45) is 5.02. The molecule has 1 saturated carbocycles. The Bertz CT molecular complexity index is 950. The van der Waals surface area contributed by atoms with Gasteiger partial charge in [0.15, 0.2) is 17.3 Å². The molecule has 1 fully saturated rings. The van der Waals surface area contributed by atoms with Gasteiger partial charge < -0.3 is 23.8 Å². The van der Waals surface area contributed by atoms with Gasteiger partial charge in [-0.3, -0.25) is 0 Å². The maximum absolute atomic E-state index is 9.22. The van der Waals surface area contributed by atoms with Crippen molar-refractivity contribution in [3.05, 3.63) is 42.2 Å². The lowest BCUT2D eigenvalue weighted by Gasteiger charge is -2.35. The van der Waals surface area contributed by atoms with Crippen molar-refractivity contribution in [3.8, 4) is 34.7 Å². The number of aromatic hydroxyl groups is 1. The van der Waals surface area contributed by atoms with E-state index in [0.29, 0.717) is 36.5 Å². The van der Waals surface area contributed by atoms with E-state index >= 15 is 0 Å². The first-order chi connectivity index (χ1) is 13.2. The number of nitrogens with zero attached hydrogens (tertiary/aromatic N) is 3. The van der Waals surface area contributed by atoms with Gasteiger partial charge in [-0.05, 0) is 41.6 Å². The van der Waals surface area contributed by atoms with E-state index < -0.39 is 0 Å². The van der Waals surface area contributed by atoms with Crippen molar-refractivity contribution in [1.29, 1.82) is 0 Å². The van der Waals surface area contributed by atoms with Crippen molar-refractivity contribution in [3.63, 3.8) is 0 Å². The molecule has 8 nitrogen and oxygen atoms in total. The van der Waals surface area contributed by atoms with Crippen molar-refractivity contribution in [2.45, 2.75) is 24.9 Å². The maximum Gasteiger partial charge on any atom is 0.252 e. The third-order valence-electron chi connectivity index (χ3n) is 4.80. The molecule has 0 radical (unpaired) electrons. The van der Waals surface area contributed by atoms with Crippen LogP contribution in [0, 0.1) is 0 Å². The highest BCUT2D eigenvalue weighted by molar-refractivity contribution is 5.51. The van der Waals surface area contributed by atoms with Crippen LogP contribution in [0.3, 0.4) is 0 Å². The van der Waals surface area contributed by atoms with Gasteiger partial charge >= 0.3 is 0 Å². The van der Waals surface area contributed by atoms with Gasteiger partial charge in [0.1, 0.15) is 25.0 Å². The molecule has 138 valence electrons. The summed E-state index contributed by atoms with van der Waals surface area (Å²) in [6.45, 7) is 1.19. The van der Waals surface area contributed by atoms with Crippen LogP contribution in [0.5, 0.6) is 23.3 Å². The van der Waals surface area contributed by atoms with E-state index in [4.69, 9.17) is 18.7 Å². The van der Waals surface area contributed by atoms with Crippen molar-refractivity contribution in [1.82, 2.24) is 15.1 Å². The first-order valence-corrected chi connectivity index (χ1v) is 8.79. The topological polar surface area (TPSA) is 99.7 Å². The summed E-state index contributed by atoms with van der Waals surface area (Å²) in [5.74, 6) is 2.71. The maximum atomic E-state index is 9.22. The summed E-state index contributed by atoms with van der Waals surface area (Å²) in [5, 5.41) is 12.6. The van der Waals surface area contributed by atoms with Gasteiger partial charge in [-0.15, -0.1) is 0 Å². The largest absolute Gasteiger partial charge is 0.491 e. The second-order valence-electron chi connectivity index (χ2n) is 6.60. The summed E-state index contributed by atoms with van der Waals surface area (Å²) in [7, 11) is 0. The molecule has 0 bridgehead atoms. The monoisotopic (exact) mass is 367 g/mol. The van der Waals surface area contributed by atoms with Crippen molar-refractivity contribution in [2.24, 2.45) is 0 Å². The summed E-state index contributed by atoms with van der Waals surface area (Å²) >= 11 is 0. The van der Waals surface area contributed by atoms with Gasteiger partial charge in [0.25, 0.3) is 5.88 Å².